The summed E-state index contributed by atoms with van der Waals surface area (Å²) in [5.74, 6) is 1.30. The van der Waals surface area contributed by atoms with E-state index < -0.39 is 0 Å². The van der Waals surface area contributed by atoms with Crippen LogP contribution >= 0.6 is 0 Å². The molecule has 1 N–H and O–H groups in total. The predicted octanol–water partition coefficient (Wildman–Crippen LogP) is 1.74. The lowest BCUT2D eigenvalue weighted by Crippen LogP contribution is -2.67. The molecule has 0 aromatic heterocycles. The van der Waals surface area contributed by atoms with E-state index in [1.165, 1.54) is 0 Å². The second-order valence-electron chi connectivity index (χ2n) is 8.74. The SMILES string of the molecule is CC(=O)N1CC2(C[C@@H](O)[C@H](N(C)CC3CCOCC3)C2)C1C(C)C. The summed E-state index contributed by atoms with van der Waals surface area (Å²) >= 11 is 0. The Hall–Kier alpha value is -0.650. The van der Waals surface area contributed by atoms with Crippen molar-refractivity contribution in [3.05, 3.63) is 0 Å². The van der Waals surface area contributed by atoms with Crippen molar-refractivity contribution < 1.29 is 14.6 Å². The number of ether oxygens (including phenoxy) is 1. The summed E-state index contributed by atoms with van der Waals surface area (Å²) < 4.78 is 5.46. The summed E-state index contributed by atoms with van der Waals surface area (Å²) in [6.07, 6.45) is 3.84. The van der Waals surface area contributed by atoms with Gasteiger partial charge in [0.15, 0.2) is 0 Å². The van der Waals surface area contributed by atoms with Crippen LogP contribution in [0.2, 0.25) is 0 Å². The van der Waals surface area contributed by atoms with Gasteiger partial charge in [-0.2, -0.15) is 0 Å². The van der Waals surface area contributed by atoms with E-state index in [4.69, 9.17) is 4.74 Å². The smallest absolute Gasteiger partial charge is 0.219 e. The molecule has 138 valence electrons. The van der Waals surface area contributed by atoms with E-state index in [0.29, 0.717) is 11.8 Å². The number of hydrogen-bond acceptors (Lipinski definition) is 4. The van der Waals surface area contributed by atoms with Gasteiger partial charge in [0, 0.05) is 50.7 Å². The number of likely N-dealkylation sites (N-methyl/N-ethyl adjacent to an activating group) is 1. The number of carbonyl (C=O) groups is 1. The van der Waals surface area contributed by atoms with Crippen LogP contribution < -0.4 is 0 Å². The van der Waals surface area contributed by atoms with Crippen LogP contribution in [-0.2, 0) is 9.53 Å². The molecule has 0 radical (unpaired) electrons. The number of aliphatic hydroxyl groups is 1. The van der Waals surface area contributed by atoms with Crippen LogP contribution in [0.4, 0.5) is 0 Å². The third-order valence-electron chi connectivity index (χ3n) is 6.61. The van der Waals surface area contributed by atoms with Crippen LogP contribution in [0.25, 0.3) is 0 Å². The molecule has 1 aliphatic carbocycles. The third kappa shape index (κ3) is 3.23. The Morgan fingerprint density at radius 2 is 2.00 bits per heavy atom. The Bertz CT molecular complexity index is 464. The van der Waals surface area contributed by atoms with E-state index in [0.717, 1.165) is 52.0 Å². The van der Waals surface area contributed by atoms with Gasteiger partial charge in [-0.15, -0.1) is 0 Å². The summed E-state index contributed by atoms with van der Waals surface area (Å²) in [5.41, 5.74) is 0.119. The average molecular weight is 338 g/mol. The molecule has 3 fully saturated rings. The average Bonchev–Trinajstić information content (AvgIpc) is 2.85. The molecular weight excluding hydrogens is 304 g/mol. The molecule has 4 atom stereocenters. The molecule has 1 amide bonds. The first kappa shape index (κ1) is 18.2. The van der Waals surface area contributed by atoms with Gasteiger partial charge in [-0.05, 0) is 44.6 Å². The van der Waals surface area contributed by atoms with Crippen molar-refractivity contribution in [1.82, 2.24) is 9.80 Å². The van der Waals surface area contributed by atoms with E-state index >= 15 is 0 Å². The molecule has 0 aromatic carbocycles. The summed E-state index contributed by atoms with van der Waals surface area (Å²) in [6.45, 7) is 9.69. The summed E-state index contributed by atoms with van der Waals surface area (Å²) in [6, 6.07) is 0.509. The van der Waals surface area contributed by atoms with Crippen LogP contribution in [0.3, 0.4) is 0 Å². The Balaban J connectivity index is 1.64. The molecule has 1 spiro atoms. The first-order valence-corrected chi connectivity index (χ1v) is 9.57. The van der Waals surface area contributed by atoms with Crippen LogP contribution in [0.5, 0.6) is 0 Å². The van der Waals surface area contributed by atoms with Gasteiger partial charge in [-0.1, -0.05) is 13.8 Å². The molecule has 5 nitrogen and oxygen atoms in total. The quantitative estimate of drug-likeness (QED) is 0.848. The lowest BCUT2D eigenvalue weighted by atomic mass is 9.65. The molecule has 0 bridgehead atoms. The lowest BCUT2D eigenvalue weighted by molar-refractivity contribution is -0.158. The minimum Gasteiger partial charge on any atom is -0.391 e. The fourth-order valence-corrected chi connectivity index (χ4v) is 5.60. The molecule has 24 heavy (non-hydrogen) atoms. The highest BCUT2D eigenvalue weighted by atomic mass is 16.5. The summed E-state index contributed by atoms with van der Waals surface area (Å²) in [7, 11) is 2.16. The zero-order valence-corrected chi connectivity index (χ0v) is 15.7. The molecule has 2 aliphatic heterocycles. The Morgan fingerprint density at radius 1 is 1.33 bits per heavy atom. The lowest BCUT2D eigenvalue weighted by Gasteiger charge is -2.58. The van der Waals surface area contributed by atoms with Gasteiger partial charge in [0.2, 0.25) is 5.91 Å². The minimum atomic E-state index is -0.273. The number of nitrogens with zero attached hydrogens (tertiary/aromatic N) is 2. The first-order chi connectivity index (χ1) is 11.3. The molecule has 2 saturated heterocycles. The largest absolute Gasteiger partial charge is 0.391 e. The fraction of sp³-hybridized carbons (Fsp3) is 0.947. The number of amides is 1. The molecule has 3 rings (SSSR count). The second kappa shape index (κ2) is 6.93. The molecule has 1 saturated carbocycles. The molecule has 0 aromatic rings. The highest BCUT2D eigenvalue weighted by Gasteiger charge is 2.60. The van der Waals surface area contributed by atoms with E-state index in [9.17, 15) is 9.90 Å². The second-order valence-corrected chi connectivity index (χ2v) is 8.74. The fourth-order valence-electron chi connectivity index (χ4n) is 5.60. The van der Waals surface area contributed by atoms with Crippen LogP contribution in [0.1, 0.15) is 46.5 Å². The number of likely N-dealkylation sites (tertiary alicyclic amines) is 1. The topological polar surface area (TPSA) is 53.0 Å². The summed E-state index contributed by atoms with van der Waals surface area (Å²) in [4.78, 5) is 16.3. The van der Waals surface area contributed by atoms with Gasteiger partial charge in [0.05, 0.1) is 6.10 Å². The van der Waals surface area contributed by atoms with Crippen molar-refractivity contribution >= 4 is 5.91 Å². The molecule has 5 heteroatoms. The van der Waals surface area contributed by atoms with Crippen LogP contribution in [0, 0.1) is 17.3 Å². The molecule has 2 heterocycles. The molecule has 3 aliphatic rings. The van der Waals surface area contributed by atoms with Crippen LogP contribution in [0.15, 0.2) is 0 Å². The molecular formula is C19H34N2O3. The Labute approximate surface area is 146 Å². The van der Waals surface area contributed by atoms with E-state index in [1.54, 1.807) is 6.92 Å². The number of aliphatic hydroxyl groups excluding tert-OH is 1. The monoisotopic (exact) mass is 338 g/mol. The standard InChI is InChI=1S/C19H34N2O3/c1-13(2)18-19(12-21(18)14(3)22)9-16(17(23)10-19)20(4)11-15-5-7-24-8-6-15/h13,15-18,23H,5-12H2,1-4H3/t16-,17-,18?,19?/m1/s1. The zero-order chi connectivity index (χ0) is 17.5. The van der Waals surface area contributed by atoms with Crippen molar-refractivity contribution in [2.75, 3.05) is 33.4 Å². The van der Waals surface area contributed by atoms with Crippen molar-refractivity contribution in [2.45, 2.75) is 64.6 Å². The minimum absolute atomic E-state index is 0.119. The van der Waals surface area contributed by atoms with E-state index in [1.807, 2.05) is 4.90 Å². The maximum atomic E-state index is 11.9. The highest BCUT2D eigenvalue weighted by molar-refractivity contribution is 5.75. The van der Waals surface area contributed by atoms with Crippen molar-refractivity contribution in [3.63, 3.8) is 0 Å². The Kier molecular flexibility index (Phi) is 5.24. The number of rotatable bonds is 4. The van der Waals surface area contributed by atoms with Gasteiger partial charge in [-0.25, -0.2) is 0 Å². The predicted molar refractivity (Wildman–Crippen MR) is 93.6 cm³/mol. The van der Waals surface area contributed by atoms with Gasteiger partial charge < -0.3 is 19.6 Å². The van der Waals surface area contributed by atoms with Gasteiger partial charge in [0.1, 0.15) is 0 Å². The number of hydrogen-bond donors (Lipinski definition) is 1. The van der Waals surface area contributed by atoms with E-state index in [2.05, 4.69) is 25.8 Å². The number of carbonyl (C=O) groups excluding carboxylic acids is 1. The van der Waals surface area contributed by atoms with Gasteiger partial charge in [-0.3, -0.25) is 4.79 Å². The van der Waals surface area contributed by atoms with Crippen molar-refractivity contribution in [2.24, 2.45) is 17.3 Å². The highest BCUT2D eigenvalue weighted by Crippen LogP contribution is 2.53. The van der Waals surface area contributed by atoms with Crippen molar-refractivity contribution in [3.8, 4) is 0 Å². The van der Waals surface area contributed by atoms with E-state index in [-0.39, 0.29) is 29.5 Å². The van der Waals surface area contributed by atoms with Gasteiger partial charge in [0.25, 0.3) is 0 Å². The zero-order valence-electron chi connectivity index (χ0n) is 15.7. The van der Waals surface area contributed by atoms with Crippen molar-refractivity contribution in [1.29, 1.82) is 0 Å². The van der Waals surface area contributed by atoms with Gasteiger partial charge >= 0.3 is 0 Å². The Morgan fingerprint density at radius 3 is 2.58 bits per heavy atom. The van der Waals surface area contributed by atoms with Crippen LogP contribution in [-0.4, -0.2) is 72.4 Å². The normalized spacial score (nSPS) is 37.5. The maximum absolute atomic E-state index is 11.9. The third-order valence-corrected chi connectivity index (χ3v) is 6.61. The first-order valence-electron chi connectivity index (χ1n) is 9.57. The maximum Gasteiger partial charge on any atom is 0.219 e. The summed E-state index contributed by atoms with van der Waals surface area (Å²) in [5, 5.41) is 10.7. The molecule has 2 unspecified atom stereocenters.